The Kier molecular flexibility index (Phi) is 23.9. The van der Waals surface area contributed by atoms with Crippen LogP contribution in [0.5, 0.6) is 0 Å². The second-order valence-electron chi connectivity index (χ2n) is 6.98. The predicted molar refractivity (Wildman–Crippen MR) is 117 cm³/mol. The Hall–Kier alpha value is -0.770. The number of hydrogen-bond acceptors (Lipinski definition) is 7. The van der Waals surface area contributed by atoms with Gasteiger partial charge < -0.3 is 33.3 Å². The van der Waals surface area contributed by atoms with E-state index in [1.807, 2.05) is 4.90 Å². The lowest BCUT2D eigenvalue weighted by Gasteiger charge is -2.23. The van der Waals surface area contributed by atoms with E-state index in [0.717, 1.165) is 12.8 Å². The Morgan fingerprint density at radius 3 is 1.50 bits per heavy atom. The van der Waals surface area contributed by atoms with Gasteiger partial charge in [-0.1, -0.05) is 32.6 Å². The maximum atomic E-state index is 12.6. The fourth-order valence-electron chi connectivity index (χ4n) is 2.68. The lowest BCUT2D eigenvalue weighted by Crippen LogP contribution is -2.37. The van der Waals surface area contributed by atoms with Crippen LogP contribution >= 0.6 is 0 Å². The summed E-state index contributed by atoms with van der Waals surface area (Å²) in [4.78, 5) is 14.4. The van der Waals surface area contributed by atoms with E-state index < -0.39 is 0 Å². The normalized spacial score (nSPS) is 11.2. The van der Waals surface area contributed by atoms with Gasteiger partial charge >= 0.3 is 0 Å². The summed E-state index contributed by atoms with van der Waals surface area (Å²) in [5.74, 6) is 0.173. The number of hydrogen-bond donors (Lipinski definition) is 0. The molecule has 0 rings (SSSR count). The van der Waals surface area contributed by atoms with Gasteiger partial charge in [-0.25, -0.2) is 0 Å². The van der Waals surface area contributed by atoms with E-state index in [1.165, 1.54) is 19.3 Å². The number of ether oxygens (including phenoxy) is 6. The molecule has 0 N–H and O–H groups in total. The maximum Gasteiger partial charge on any atom is 0.222 e. The number of nitrogens with zero attached hydrogens (tertiary/aromatic N) is 1. The molecule has 0 aromatic carbocycles. The van der Waals surface area contributed by atoms with Gasteiger partial charge in [-0.3, -0.25) is 4.79 Å². The fourth-order valence-corrected chi connectivity index (χ4v) is 2.68. The summed E-state index contributed by atoms with van der Waals surface area (Å²) in [6.45, 7) is 8.69. The third kappa shape index (κ3) is 20.5. The molecule has 0 aromatic rings. The van der Waals surface area contributed by atoms with Crippen LogP contribution in [0.15, 0.2) is 0 Å². The standard InChI is InChI=1S/C22H45NO7/c1-4-5-6-7-8-9-22(24)23(10-12-27-18-20-29-16-14-25-2)11-13-28-19-21-30-17-15-26-3/h4-21H2,1-3H3. The average molecular weight is 436 g/mol. The largest absolute Gasteiger partial charge is 0.382 e. The summed E-state index contributed by atoms with van der Waals surface area (Å²) < 4.78 is 31.8. The minimum atomic E-state index is 0.173. The van der Waals surface area contributed by atoms with Crippen molar-refractivity contribution in [3.63, 3.8) is 0 Å². The lowest BCUT2D eigenvalue weighted by molar-refractivity contribution is -0.133. The van der Waals surface area contributed by atoms with Crippen molar-refractivity contribution in [3.8, 4) is 0 Å². The molecule has 0 aliphatic heterocycles. The Bertz CT molecular complexity index is 338. The lowest BCUT2D eigenvalue weighted by atomic mass is 10.1. The van der Waals surface area contributed by atoms with Gasteiger partial charge in [-0.2, -0.15) is 0 Å². The quantitative estimate of drug-likeness (QED) is 0.216. The van der Waals surface area contributed by atoms with Crippen LogP contribution in [-0.4, -0.2) is 104 Å². The molecule has 0 atom stereocenters. The van der Waals surface area contributed by atoms with Crippen molar-refractivity contribution < 1.29 is 33.2 Å². The van der Waals surface area contributed by atoms with Crippen molar-refractivity contribution in [2.45, 2.75) is 45.4 Å². The molecule has 8 heteroatoms. The van der Waals surface area contributed by atoms with E-state index in [4.69, 9.17) is 28.4 Å². The van der Waals surface area contributed by atoms with Crippen molar-refractivity contribution in [2.24, 2.45) is 0 Å². The summed E-state index contributed by atoms with van der Waals surface area (Å²) in [6.07, 6.45) is 6.28. The van der Waals surface area contributed by atoms with E-state index in [1.54, 1.807) is 14.2 Å². The van der Waals surface area contributed by atoms with Crippen LogP contribution in [0.2, 0.25) is 0 Å². The van der Waals surface area contributed by atoms with Gasteiger partial charge in [0.2, 0.25) is 5.91 Å². The monoisotopic (exact) mass is 435 g/mol. The first-order chi connectivity index (χ1) is 14.8. The van der Waals surface area contributed by atoms with E-state index in [2.05, 4.69) is 6.92 Å². The molecule has 1 amide bonds. The summed E-state index contributed by atoms with van der Waals surface area (Å²) >= 11 is 0. The number of carbonyl (C=O) groups is 1. The fraction of sp³-hybridized carbons (Fsp3) is 0.955. The van der Waals surface area contributed by atoms with E-state index in [-0.39, 0.29) is 5.91 Å². The second kappa shape index (κ2) is 24.5. The minimum absolute atomic E-state index is 0.173. The maximum absolute atomic E-state index is 12.6. The first-order valence-corrected chi connectivity index (χ1v) is 11.3. The van der Waals surface area contributed by atoms with Gasteiger partial charge in [-0.05, 0) is 6.42 Å². The molecule has 0 heterocycles. The van der Waals surface area contributed by atoms with Crippen LogP contribution in [0.1, 0.15) is 45.4 Å². The van der Waals surface area contributed by atoms with E-state index in [9.17, 15) is 4.79 Å². The number of carbonyl (C=O) groups excluding carboxylic acids is 1. The zero-order valence-corrected chi connectivity index (χ0v) is 19.5. The Balaban J connectivity index is 4.01. The van der Waals surface area contributed by atoms with Gasteiger partial charge in [-0.15, -0.1) is 0 Å². The zero-order chi connectivity index (χ0) is 22.1. The topological polar surface area (TPSA) is 75.7 Å². The summed E-state index contributed by atoms with van der Waals surface area (Å²) in [6, 6.07) is 0. The molecule has 0 radical (unpaired) electrons. The molecule has 0 fully saturated rings. The number of amides is 1. The van der Waals surface area contributed by atoms with Crippen LogP contribution in [0.3, 0.4) is 0 Å². The minimum Gasteiger partial charge on any atom is -0.382 e. The molecule has 30 heavy (non-hydrogen) atoms. The van der Waals surface area contributed by atoms with Gasteiger partial charge in [0.25, 0.3) is 0 Å². The summed E-state index contributed by atoms with van der Waals surface area (Å²) in [7, 11) is 3.29. The molecule has 0 aliphatic rings. The third-order valence-electron chi connectivity index (χ3n) is 4.47. The van der Waals surface area contributed by atoms with Crippen molar-refractivity contribution in [3.05, 3.63) is 0 Å². The molecule has 0 bridgehead atoms. The number of unbranched alkanes of at least 4 members (excludes halogenated alkanes) is 4. The molecule has 0 saturated heterocycles. The molecular weight excluding hydrogens is 390 g/mol. The molecule has 180 valence electrons. The number of methoxy groups -OCH3 is 2. The zero-order valence-electron chi connectivity index (χ0n) is 19.5. The highest BCUT2D eigenvalue weighted by atomic mass is 16.5. The van der Waals surface area contributed by atoms with E-state index in [0.29, 0.717) is 85.6 Å². The highest BCUT2D eigenvalue weighted by Gasteiger charge is 2.13. The predicted octanol–water partition coefficient (Wildman–Crippen LogP) is 2.53. The Morgan fingerprint density at radius 1 is 0.600 bits per heavy atom. The van der Waals surface area contributed by atoms with Crippen molar-refractivity contribution in [1.82, 2.24) is 4.90 Å². The molecule has 8 nitrogen and oxygen atoms in total. The summed E-state index contributed by atoms with van der Waals surface area (Å²) in [5.41, 5.74) is 0. The van der Waals surface area contributed by atoms with E-state index >= 15 is 0 Å². The van der Waals surface area contributed by atoms with Crippen LogP contribution in [-0.2, 0) is 33.2 Å². The molecular formula is C22H45NO7. The molecule has 0 spiro atoms. The highest BCUT2D eigenvalue weighted by molar-refractivity contribution is 5.76. The van der Waals surface area contributed by atoms with Crippen LogP contribution < -0.4 is 0 Å². The average Bonchev–Trinajstić information content (AvgIpc) is 2.75. The van der Waals surface area contributed by atoms with Crippen LogP contribution in [0, 0.1) is 0 Å². The molecule has 0 aromatic heterocycles. The molecule has 0 unspecified atom stereocenters. The Labute approximate surface area is 183 Å². The summed E-state index contributed by atoms with van der Waals surface area (Å²) in [5, 5.41) is 0. The van der Waals surface area contributed by atoms with Crippen molar-refractivity contribution in [2.75, 3.05) is 93.4 Å². The number of rotatable bonds is 24. The van der Waals surface area contributed by atoms with Crippen LogP contribution in [0.4, 0.5) is 0 Å². The van der Waals surface area contributed by atoms with Gasteiger partial charge in [0.1, 0.15) is 0 Å². The first-order valence-electron chi connectivity index (χ1n) is 11.3. The van der Waals surface area contributed by atoms with Gasteiger partial charge in [0, 0.05) is 33.7 Å². The third-order valence-corrected chi connectivity index (χ3v) is 4.47. The molecule has 0 saturated carbocycles. The second-order valence-corrected chi connectivity index (χ2v) is 6.98. The van der Waals surface area contributed by atoms with Crippen molar-refractivity contribution >= 4 is 5.91 Å². The van der Waals surface area contributed by atoms with Crippen molar-refractivity contribution in [1.29, 1.82) is 0 Å². The SMILES string of the molecule is CCCCCCCC(=O)N(CCOCCOCCOC)CCOCCOCCOC. The highest BCUT2D eigenvalue weighted by Crippen LogP contribution is 2.07. The smallest absolute Gasteiger partial charge is 0.222 e. The Morgan fingerprint density at radius 2 is 1.03 bits per heavy atom. The van der Waals surface area contributed by atoms with Gasteiger partial charge in [0.05, 0.1) is 66.1 Å². The van der Waals surface area contributed by atoms with Gasteiger partial charge in [0.15, 0.2) is 0 Å². The molecule has 0 aliphatic carbocycles. The van der Waals surface area contributed by atoms with Crippen LogP contribution in [0.25, 0.3) is 0 Å². The first kappa shape index (κ1) is 29.2.